The van der Waals surface area contributed by atoms with Gasteiger partial charge in [-0.15, -0.1) is 0 Å². The highest BCUT2D eigenvalue weighted by Gasteiger charge is 2.32. The molecular formula is C13H17F2N5O. The number of hydrogen-bond acceptors (Lipinski definition) is 5. The van der Waals surface area contributed by atoms with E-state index < -0.39 is 19.1 Å². The predicted molar refractivity (Wildman–Crippen MR) is 74.6 cm³/mol. The second-order valence-corrected chi connectivity index (χ2v) is 5.21. The van der Waals surface area contributed by atoms with E-state index in [1.54, 1.807) is 11.1 Å². The quantitative estimate of drug-likeness (QED) is 0.870. The Morgan fingerprint density at radius 2 is 2.00 bits per heavy atom. The first-order valence-corrected chi connectivity index (χ1v) is 6.83. The Kier molecular flexibility index (Phi) is 3.73. The van der Waals surface area contributed by atoms with Gasteiger partial charge in [-0.3, -0.25) is 4.90 Å². The molecule has 0 spiro atoms. The van der Waals surface area contributed by atoms with Gasteiger partial charge in [0.05, 0.1) is 11.9 Å². The van der Waals surface area contributed by atoms with Crippen molar-refractivity contribution in [2.75, 3.05) is 44.2 Å². The van der Waals surface area contributed by atoms with E-state index in [9.17, 15) is 8.78 Å². The van der Waals surface area contributed by atoms with Gasteiger partial charge in [0.25, 0.3) is 5.92 Å². The van der Waals surface area contributed by atoms with Gasteiger partial charge < -0.3 is 15.0 Å². The molecule has 0 radical (unpaired) electrons. The molecule has 0 amide bonds. The predicted octanol–water partition coefficient (Wildman–Crippen LogP) is 0.707. The number of piperazine rings is 1. The SMILES string of the molecule is OCC(F)(F)CN1CCN(c2ncnc3[nH]ccc23)CC1. The lowest BCUT2D eigenvalue weighted by Crippen LogP contribution is -2.50. The molecule has 0 bridgehead atoms. The van der Waals surface area contributed by atoms with Crippen molar-refractivity contribution in [3.05, 3.63) is 18.6 Å². The third-order valence-corrected chi connectivity index (χ3v) is 3.69. The second-order valence-electron chi connectivity index (χ2n) is 5.21. The van der Waals surface area contributed by atoms with Crippen molar-refractivity contribution in [2.45, 2.75) is 5.92 Å². The summed E-state index contributed by atoms with van der Waals surface area (Å²) in [7, 11) is 0. The normalized spacial score (nSPS) is 17.6. The summed E-state index contributed by atoms with van der Waals surface area (Å²) in [5.74, 6) is -2.21. The van der Waals surface area contributed by atoms with Crippen molar-refractivity contribution in [1.29, 1.82) is 0 Å². The molecule has 3 rings (SSSR count). The molecule has 2 aromatic heterocycles. The first-order chi connectivity index (χ1) is 10.1. The third kappa shape index (κ3) is 2.96. The number of nitrogens with one attached hydrogen (secondary N) is 1. The molecule has 21 heavy (non-hydrogen) atoms. The highest BCUT2D eigenvalue weighted by Crippen LogP contribution is 2.23. The Labute approximate surface area is 120 Å². The molecule has 0 unspecified atom stereocenters. The molecule has 0 aromatic carbocycles. The molecule has 0 aliphatic carbocycles. The summed E-state index contributed by atoms with van der Waals surface area (Å²) in [6.07, 6.45) is 3.31. The maximum absolute atomic E-state index is 13.2. The van der Waals surface area contributed by atoms with Gasteiger partial charge in [-0.25, -0.2) is 18.7 Å². The van der Waals surface area contributed by atoms with E-state index in [0.29, 0.717) is 26.2 Å². The lowest BCUT2D eigenvalue weighted by Gasteiger charge is -2.36. The average molecular weight is 297 g/mol. The van der Waals surface area contributed by atoms with Gasteiger partial charge in [0.15, 0.2) is 0 Å². The van der Waals surface area contributed by atoms with Gasteiger partial charge in [0, 0.05) is 32.4 Å². The topological polar surface area (TPSA) is 68.3 Å². The molecule has 1 saturated heterocycles. The maximum Gasteiger partial charge on any atom is 0.283 e. The summed E-state index contributed by atoms with van der Waals surface area (Å²) in [5.41, 5.74) is 0.772. The molecule has 1 aliphatic heterocycles. The molecule has 2 aromatic rings. The van der Waals surface area contributed by atoms with Crippen LogP contribution in [0.2, 0.25) is 0 Å². The number of aliphatic hydroxyl groups excluding tert-OH is 1. The molecule has 6 nitrogen and oxygen atoms in total. The van der Waals surface area contributed by atoms with Crippen LogP contribution in [-0.2, 0) is 0 Å². The van der Waals surface area contributed by atoms with Crippen LogP contribution in [0.1, 0.15) is 0 Å². The van der Waals surface area contributed by atoms with Gasteiger partial charge >= 0.3 is 0 Å². The number of hydrogen-bond donors (Lipinski definition) is 2. The van der Waals surface area contributed by atoms with Crippen molar-refractivity contribution in [1.82, 2.24) is 19.9 Å². The van der Waals surface area contributed by atoms with Gasteiger partial charge in [0.2, 0.25) is 0 Å². The summed E-state index contributed by atoms with van der Waals surface area (Å²) in [5, 5.41) is 9.58. The minimum atomic E-state index is -3.04. The third-order valence-electron chi connectivity index (χ3n) is 3.69. The van der Waals surface area contributed by atoms with E-state index in [1.165, 1.54) is 6.33 Å². The number of aromatic amines is 1. The van der Waals surface area contributed by atoms with E-state index in [-0.39, 0.29) is 0 Å². The van der Waals surface area contributed by atoms with Crippen LogP contribution in [0.25, 0.3) is 11.0 Å². The standard InChI is InChI=1S/C13H17F2N5O/c14-13(15,8-21)7-19-3-5-20(6-4-19)12-10-1-2-16-11(10)17-9-18-12/h1-2,9,21H,3-8H2,(H,16,17,18). The minimum absolute atomic E-state index is 0.402. The van der Waals surface area contributed by atoms with E-state index >= 15 is 0 Å². The molecule has 2 N–H and O–H groups in total. The number of aliphatic hydroxyl groups is 1. The number of anilines is 1. The summed E-state index contributed by atoms with van der Waals surface area (Å²) in [6.45, 7) is 0.776. The fourth-order valence-electron chi connectivity index (χ4n) is 2.61. The van der Waals surface area contributed by atoms with Crippen LogP contribution in [-0.4, -0.2) is 70.2 Å². The lowest BCUT2D eigenvalue weighted by atomic mass is 10.2. The molecule has 1 aliphatic rings. The van der Waals surface area contributed by atoms with Crippen molar-refractivity contribution in [3.8, 4) is 0 Å². The van der Waals surface area contributed by atoms with Crippen molar-refractivity contribution in [3.63, 3.8) is 0 Å². The summed E-state index contributed by atoms with van der Waals surface area (Å²) in [6, 6.07) is 1.91. The molecule has 114 valence electrons. The zero-order valence-corrected chi connectivity index (χ0v) is 11.5. The first-order valence-electron chi connectivity index (χ1n) is 6.83. The summed E-state index contributed by atoms with van der Waals surface area (Å²) < 4.78 is 26.4. The highest BCUT2D eigenvalue weighted by molar-refractivity contribution is 5.87. The van der Waals surface area contributed by atoms with Gasteiger partial charge in [-0.2, -0.15) is 0 Å². The summed E-state index contributed by atoms with van der Waals surface area (Å²) >= 11 is 0. The van der Waals surface area contributed by atoms with Crippen molar-refractivity contribution >= 4 is 16.9 Å². The average Bonchev–Trinajstić information content (AvgIpc) is 2.96. The minimum Gasteiger partial charge on any atom is -0.390 e. The summed E-state index contributed by atoms with van der Waals surface area (Å²) in [4.78, 5) is 15.2. The van der Waals surface area contributed by atoms with E-state index in [0.717, 1.165) is 16.9 Å². The zero-order chi connectivity index (χ0) is 14.9. The smallest absolute Gasteiger partial charge is 0.283 e. The first kappa shape index (κ1) is 14.2. The molecule has 0 saturated carbocycles. The lowest BCUT2D eigenvalue weighted by molar-refractivity contribution is -0.0733. The molecule has 3 heterocycles. The number of nitrogens with zero attached hydrogens (tertiary/aromatic N) is 4. The number of H-pyrrole nitrogens is 1. The highest BCUT2D eigenvalue weighted by atomic mass is 19.3. The number of fused-ring (bicyclic) bond motifs is 1. The number of alkyl halides is 2. The Hall–Kier alpha value is -1.80. The Morgan fingerprint density at radius 1 is 1.24 bits per heavy atom. The number of rotatable bonds is 4. The number of halogens is 2. The van der Waals surface area contributed by atoms with E-state index in [1.807, 2.05) is 6.07 Å². The van der Waals surface area contributed by atoms with Gasteiger partial charge in [0.1, 0.15) is 24.4 Å². The van der Waals surface area contributed by atoms with Crippen LogP contribution in [0, 0.1) is 0 Å². The van der Waals surface area contributed by atoms with Crippen molar-refractivity contribution < 1.29 is 13.9 Å². The van der Waals surface area contributed by atoms with Crippen LogP contribution in [0.4, 0.5) is 14.6 Å². The van der Waals surface area contributed by atoms with Crippen LogP contribution in [0.15, 0.2) is 18.6 Å². The van der Waals surface area contributed by atoms with Crippen LogP contribution < -0.4 is 4.90 Å². The van der Waals surface area contributed by atoms with Gasteiger partial charge in [-0.1, -0.05) is 0 Å². The Bertz CT molecular complexity index is 609. The molecule has 0 atom stereocenters. The van der Waals surface area contributed by atoms with Crippen molar-refractivity contribution in [2.24, 2.45) is 0 Å². The van der Waals surface area contributed by atoms with E-state index in [4.69, 9.17) is 5.11 Å². The fraction of sp³-hybridized carbons (Fsp3) is 0.538. The Morgan fingerprint density at radius 3 is 2.71 bits per heavy atom. The maximum atomic E-state index is 13.2. The number of aromatic nitrogens is 3. The van der Waals surface area contributed by atoms with E-state index in [2.05, 4.69) is 19.9 Å². The molecular weight excluding hydrogens is 280 g/mol. The monoisotopic (exact) mass is 297 g/mol. The molecule has 8 heteroatoms. The zero-order valence-electron chi connectivity index (χ0n) is 11.5. The molecule has 1 fully saturated rings. The largest absolute Gasteiger partial charge is 0.390 e. The van der Waals surface area contributed by atoms with Gasteiger partial charge in [-0.05, 0) is 6.07 Å². The van der Waals surface area contributed by atoms with Crippen LogP contribution in [0.3, 0.4) is 0 Å². The Balaban J connectivity index is 1.67. The fourth-order valence-corrected chi connectivity index (χ4v) is 2.61. The van der Waals surface area contributed by atoms with Crippen LogP contribution >= 0.6 is 0 Å². The van der Waals surface area contributed by atoms with Crippen LogP contribution in [0.5, 0.6) is 0 Å². The second kappa shape index (κ2) is 5.53.